The number of nitrogens with one attached hydrogen (secondary N) is 1. The van der Waals surface area contributed by atoms with Gasteiger partial charge in [0.1, 0.15) is 12.4 Å². The summed E-state index contributed by atoms with van der Waals surface area (Å²) >= 11 is 0. The first-order chi connectivity index (χ1) is 6.24. The van der Waals surface area contributed by atoms with Gasteiger partial charge in [0.2, 0.25) is 0 Å². The van der Waals surface area contributed by atoms with E-state index in [0.717, 1.165) is 5.69 Å². The highest BCUT2D eigenvalue weighted by atomic mass is 16.5. The van der Waals surface area contributed by atoms with Crippen LogP contribution in [0, 0.1) is 6.92 Å². The van der Waals surface area contributed by atoms with Crippen molar-refractivity contribution >= 4 is 5.91 Å². The second-order valence-corrected chi connectivity index (χ2v) is 2.48. The molecule has 0 atom stereocenters. The maximum absolute atomic E-state index is 11.2. The Morgan fingerprint density at radius 3 is 2.85 bits per heavy atom. The Kier molecular flexibility index (Phi) is 3.33. The molecule has 0 aliphatic carbocycles. The second-order valence-electron chi connectivity index (χ2n) is 2.48. The van der Waals surface area contributed by atoms with Crippen molar-refractivity contribution in [1.29, 1.82) is 0 Å². The van der Waals surface area contributed by atoms with Crippen molar-refractivity contribution in [2.24, 2.45) is 0 Å². The maximum atomic E-state index is 11.2. The molecular weight excluding hydrogens is 170 g/mol. The van der Waals surface area contributed by atoms with Crippen molar-refractivity contribution in [3.05, 3.63) is 23.8 Å². The average molecular weight is 181 g/mol. The first-order valence-electron chi connectivity index (χ1n) is 3.80. The van der Waals surface area contributed by atoms with E-state index >= 15 is 0 Å². The van der Waals surface area contributed by atoms with Gasteiger partial charge in [0.25, 0.3) is 5.91 Å². The summed E-state index contributed by atoms with van der Waals surface area (Å²) in [4.78, 5) is 19.1. The van der Waals surface area contributed by atoms with Crippen LogP contribution >= 0.6 is 0 Å². The van der Waals surface area contributed by atoms with Crippen molar-refractivity contribution in [1.82, 2.24) is 15.3 Å². The highest BCUT2D eigenvalue weighted by molar-refractivity contribution is 5.91. The molecule has 1 N–H and O–H groups in total. The zero-order valence-corrected chi connectivity index (χ0v) is 7.57. The minimum atomic E-state index is -0.283. The van der Waals surface area contributed by atoms with Gasteiger partial charge in [0.15, 0.2) is 0 Å². The monoisotopic (exact) mass is 181 g/mol. The van der Waals surface area contributed by atoms with Crippen molar-refractivity contribution in [3.63, 3.8) is 0 Å². The summed E-state index contributed by atoms with van der Waals surface area (Å²) in [5.74, 6) is -0.283. The van der Waals surface area contributed by atoms with Gasteiger partial charge in [-0.3, -0.25) is 9.78 Å². The Morgan fingerprint density at radius 2 is 2.31 bits per heavy atom. The van der Waals surface area contributed by atoms with Crippen LogP contribution in [-0.2, 0) is 4.74 Å². The van der Waals surface area contributed by atoms with E-state index in [1.165, 1.54) is 13.3 Å². The SMILES string of the molecule is COCNC(=O)c1cnc(C)cn1. The lowest BCUT2D eigenvalue weighted by molar-refractivity contribution is 0.0867. The zero-order chi connectivity index (χ0) is 9.68. The van der Waals surface area contributed by atoms with Crippen LogP contribution in [0.3, 0.4) is 0 Å². The molecule has 70 valence electrons. The van der Waals surface area contributed by atoms with E-state index in [4.69, 9.17) is 0 Å². The Hall–Kier alpha value is -1.49. The lowest BCUT2D eigenvalue weighted by Crippen LogP contribution is -2.26. The predicted octanol–water partition coefficient (Wildman–Crippen LogP) is 0.119. The molecule has 1 aromatic heterocycles. The molecule has 0 bridgehead atoms. The molecule has 13 heavy (non-hydrogen) atoms. The van der Waals surface area contributed by atoms with E-state index in [1.54, 1.807) is 6.20 Å². The topological polar surface area (TPSA) is 64.1 Å². The molecular formula is C8H11N3O2. The van der Waals surface area contributed by atoms with E-state index in [9.17, 15) is 4.79 Å². The average Bonchev–Trinajstić information content (AvgIpc) is 2.15. The van der Waals surface area contributed by atoms with Crippen LogP contribution in [0.4, 0.5) is 0 Å². The second kappa shape index (κ2) is 4.51. The standard InChI is InChI=1S/C8H11N3O2/c1-6-3-10-7(4-9-6)8(12)11-5-13-2/h3-4H,5H2,1-2H3,(H,11,12). The van der Waals surface area contributed by atoms with Gasteiger partial charge in [-0.25, -0.2) is 4.98 Å². The number of nitrogens with zero attached hydrogens (tertiary/aromatic N) is 2. The summed E-state index contributed by atoms with van der Waals surface area (Å²) in [7, 11) is 1.50. The summed E-state index contributed by atoms with van der Waals surface area (Å²) in [5, 5.41) is 2.50. The normalized spacial score (nSPS) is 9.69. The first kappa shape index (κ1) is 9.60. The largest absolute Gasteiger partial charge is 0.364 e. The van der Waals surface area contributed by atoms with Crippen LogP contribution in [0.1, 0.15) is 16.2 Å². The van der Waals surface area contributed by atoms with Gasteiger partial charge in [-0.1, -0.05) is 0 Å². The van der Waals surface area contributed by atoms with Gasteiger partial charge < -0.3 is 10.1 Å². The van der Waals surface area contributed by atoms with E-state index in [1.807, 2.05) is 6.92 Å². The van der Waals surface area contributed by atoms with Crippen molar-refractivity contribution in [3.8, 4) is 0 Å². The van der Waals surface area contributed by atoms with Gasteiger partial charge in [-0.2, -0.15) is 0 Å². The molecule has 5 nitrogen and oxygen atoms in total. The molecule has 0 radical (unpaired) electrons. The van der Waals surface area contributed by atoms with Gasteiger partial charge in [0, 0.05) is 13.3 Å². The van der Waals surface area contributed by atoms with E-state index in [-0.39, 0.29) is 12.6 Å². The molecule has 1 amide bonds. The summed E-state index contributed by atoms with van der Waals surface area (Å²) in [6.45, 7) is 1.98. The van der Waals surface area contributed by atoms with Gasteiger partial charge in [-0.15, -0.1) is 0 Å². The van der Waals surface area contributed by atoms with E-state index < -0.39 is 0 Å². The highest BCUT2D eigenvalue weighted by Gasteiger charge is 2.05. The third kappa shape index (κ3) is 2.79. The van der Waals surface area contributed by atoms with E-state index in [2.05, 4.69) is 20.0 Å². The number of aryl methyl sites for hydroxylation is 1. The van der Waals surface area contributed by atoms with Crippen LogP contribution in [0.25, 0.3) is 0 Å². The molecule has 5 heteroatoms. The molecule has 1 rings (SSSR count). The minimum Gasteiger partial charge on any atom is -0.364 e. The summed E-state index contributed by atoms with van der Waals surface area (Å²) in [5.41, 5.74) is 1.07. The van der Waals surface area contributed by atoms with Crippen molar-refractivity contribution in [2.75, 3.05) is 13.8 Å². The predicted molar refractivity (Wildman–Crippen MR) is 46.1 cm³/mol. The molecule has 0 aliphatic heterocycles. The summed E-state index contributed by atoms with van der Waals surface area (Å²) in [6.07, 6.45) is 2.97. The van der Waals surface area contributed by atoms with Crippen molar-refractivity contribution < 1.29 is 9.53 Å². The molecule has 0 saturated heterocycles. The first-order valence-corrected chi connectivity index (χ1v) is 3.80. The van der Waals surface area contributed by atoms with Gasteiger partial charge in [0.05, 0.1) is 11.9 Å². The molecule has 0 aliphatic rings. The fraction of sp³-hybridized carbons (Fsp3) is 0.375. The Morgan fingerprint density at radius 1 is 1.54 bits per heavy atom. The highest BCUT2D eigenvalue weighted by Crippen LogP contribution is 1.93. The van der Waals surface area contributed by atoms with Gasteiger partial charge in [-0.05, 0) is 6.92 Å². The fourth-order valence-electron chi connectivity index (χ4n) is 0.738. The lowest BCUT2D eigenvalue weighted by Gasteiger charge is -2.01. The zero-order valence-electron chi connectivity index (χ0n) is 7.57. The number of carbonyl (C=O) groups excluding carboxylic acids is 1. The molecule has 0 unspecified atom stereocenters. The third-order valence-electron chi connectivity index (χ3n) is 1.39. The molecule has 0 aromatic carbocycles. The number of hydrogen-bond donors (Lipinski definition) is 1. The van der Waals surface area contributed by atoms with Crippen LogP contribution in [-0.4, -0.2) is 29.7 Å². The number of amides is 1. The smallest absolute Gasteiger partial charge is 0.273 e. The van der Waals surface area contributed by atoms with Crippen molar-refractivity contribution in [2.45, 2.75) is 6.92 Å². The number of aromatic nitrogens is 2. The fourth-order valence-corrected chi connectivity index (χ4v) is 0.738. The quantitative estimate of drug-likeness (QED) is 0.672. The number of methoxy groups -OCH3 is 1. The third-order valence-corrected chi connectivity index (χ3v) is 1.39. The minimum absolute atomic E-state index is 0.175. The molecule has 1 aromatic rings. The molecule has 0 fully saturated rings. The number of carbonyl (C=O) groups is 1. The molecule has 0 saturated carbocycles. The Bertz CT molecular complexity index is 284. The molecule has 1 heterocycles. The Labute approximate surface area is 76.2 Å². The number of rotatable bonds is 3. The van der Waals surface area contributed by atoms with Crippen LogP contribution < -0.4 is 5.32 Å². The van der Waals surface area contributed by atoms with Gasteiger partial charge >= 0.3 is 0 Å². The lowest BCUT2D eigenvalue weighted by atomic mass is 10.4. The van der Waals surface area contributed by atoms with E-state index in [0.29, 0.717) is 5.69 Å². The summed E-state index contributed by atoms with van der Waals surface area (Å²) < 4.78 is 4.68. The number of hydrogen-bond acceptors (Lipinski definition) is 4. The van der Waals surface area contributed by atoms with Crippen LogP contribution in [0.15, 0.2) is 12.4 Å². The van der Waals surface area contributed by atoms with Crippen LogP contribution in [0.2, 0.25) is 0 Å². The van der Waals surface area contributed by atoms with Crippen LogP contribution in [0.5, 0.6) is 0 Å². The Balaban J connectivity index is 2.61. The maximum Gasteiger partial charge on any atom is 0.273 e. The summed E-state index contributed by atoms with van der Waals surface area (Å²) in [6, 6.07) is 0. The number of ether oxygens (including phenoxy) is 1. The molecule has 0 spiro atoms.